The molecular weight excluding hydrogens is 300 g/mol. The van der Waals surface area contributed by atoms with Gasteiger partial charge in [0.2, 0.25) is 0 Å². The second-order valence-electron chi connectivity index (χ2n) is 5.71. The molecule has 0 saturated heterocycles. The average Bonchev–Trinajstić information content (AvgIpc) is 3.25. The lowest BCUT2D eigenvalue weighted by Crippen LogP contribution is -2.14. The first-order chi connectivity index (χ1) is 10.3. The van der Waals surface area contributed by atoms with Crippen molar-refractivity contribution in [1.82, 2.24) is 9.88 Å². The van der Waals surface area contributed by atoms with Gasteiger partial charge in [-0.15, -0.1) is 0 Å². The largest absolute Gasteiger partial charge is 0.347 e. The number of nitrogens with one attached hydrogen (secondary N) is 1. The number of rotatable bonds is 8. The van der Waals surface area contributed by atoms with Crippen LogP contribution in [0.5, 0.6) is 0 Å². The van der Waals surface area contributed by atoms with Crippen molar-refractivity contribution >= 4 is 34.3 Å². The van der Waals surface area contributed by atoms with E-state index in [0.717, 1.165) is 24.2 Å². The summed E-state index contributed by atoms with van der Waals surface area (Å²) in [5, 5.41) is 5.79. The summed E-state index contributed by atoms with van der Waals surface area (Å²) in [5.41, 5.74) is 2.67. The van der Waals surface area contributed by atoms with Crippen molar-refractivity contribution in [1.29, 1.82) is 0 Å². The molecule has 0 unspecified atom stereocenters. The molecule has 114 valence electrons. The molecule has 0 amide bonds. The molecule has 1 N–H and O–H groups in total. The molecule has 0 bridgehead atoms. The van der Waals surface area contributed by atoms with Gasteiger partial charge in [-0.05, 0) is 48.5 Å². The van der Waals surface area contributed by atoms with Crippen LogP contribution in [0.1, 0.15) is 31.7 Å². The SMILES string of the molecule is CCSCCCn1cc(CNC2CC2)c2ccc(Cl)cc21. The molecule has 4 heteroatoms. The van der Waals surface area contributed by atoms with Crippen LogP contribution >= 0.6 is 23.4 Å². The number of thioether (sulfide) groups is 1. The molecule has 0 spiro atoms. The number of hydrogen-bond donors (Lipinski definition) is 1. The van der Waals surface area contributed by atoms with E-state index in [4.69, 9.17) is 11.6 Å². The van der Waals surface area contributed by atoms with Gasteiger partial charge in [0.25, 0.3) is 0 Å². The van der Waals surface area contributed by atoms with Crippen LogP contribution < -0.4 is 5.32 Å². The van der Waals surface area contributed by atoms with Crippen molar-refractivity contribution < 1.29 is 0 Å². The Labute approximate surface area is 136 Å². The van der Waals surface area contributed by atoms with E-state index >= 15 is 0 Å². The molecule has 2 nitrogen and oxygen atoms in total. The molecule has 1 saturated carbocycles. The zero-order valence-corrected chi connectivity index (χ0v) is 14.1. The van der Waals surface area contributed by atoms with E-state index in [1.54, 1.807) is 0 Å². The number of hydrogen-bond acceptors (Lipinski definition) is 2. The maximum atomic E-state index is 6.19. The van der Waals surface area contributed by atoms with Gasteiger partial charge < -0.3 is 9.88 Å². The number of fused-ring (bicyclic) bond motifs is 1. The summed E-state index contributed by atoms with van der Waals surface area (Å²) in [6, 6.07) is 7.02. The monoisotopic (exact) mass is 322 g/mol. The van der Waals surface area contributed by atoms with Crippen LogP contribution in [-0.4, -0.2) is 22.1 Å². The van der Waals surface area contributed by atoms with Crippen LogP contribution in [0.3, 0.4) is 0 Å². The van der Waals surface area contributed by atoms with Gasteiger partial charge in [0.15, 0.2) is 0 Å². The lowest BCUT2D eigenvalue weighted by Gasteiger charge is -2.05. The molecule has 1 aliphatic rings. The number of halogens is 1. The van der Waals surface area contributed by atoms with Gasteiger partial charge in [-0.2, -0.15) is 11.8 Å². The molecule has 1 heterocycles. The van der Waals surface area contributed by atoms with Crippen molar-refractivity contribution in [2.75, 3.05) is 11.5 Å². The van der Waals surface area contributed by atoms with Gasteiger partial charge in [-0.25, -0.2) is 0 Å². The Morgan fingerprint density at radius 3 is 3.00 bits per heavy atom. The Morgan fingerprint density at radius 1 is 1.38 bits per heavy atom. The summed E-state index contributed by atoms with van der Waals surface area (Å²) < 4.78 is 2.38. The first kappa shape index (κ1) is 15.3. The zero-order valence-electron chi connectivity index (χ0n) is 12.6. The lowest BCUT2D eigenvalue weighted by atomic mass is 10.2. The minimum atomic E-state index is 0.747. The highest BCUT2D eigenvalue weighted by atomic mass is 35.5. The van der Waals surface area contributed by atoms with E-state index in [1.807, 2.05) is 17.8 Å². The van der Waals surface area contributed by atoms with Crippen LogP contribution in [0.25, 0.3) is 10.9 Å². The smallest absolute Gasteiger partial charge is 0.0498 e. The third-order valence-corrected chi connectivity index (χ3v) is 5.20. The molecule has 1 fully saturated rings. The zero-order chi connectivity index (χ0) is 14.7. The Bertz CT molecular complexity index is 604. The van der Waals surface area contributed by atoms with E-state index in [-0.39, 0.29) is 0 Å². The van der Waals surface area contributed by atoms with Crippen molar-refractivity contribution in [2.45, 2.75) is 45.3 Å². The first-order valence-electron chi connectivity index (χ1n) is 7.86. The summed E-state index contributed by atoms with van der Waals surface area (Å²) in [4.78, 5) is 0. The summed E-state index contributed by atoms with van der Waals surface area (Å²) in [6.07, 6.45) is 6.19. The molecule has 0 atom stereocenters. The van der Waals surface area contributed by atoms with E-state index in [1.165, 1.54) is 47.2 Å². The Balaban J connectivity index is 1.77. The van der Waals surface area contributed by atoms with Crippen molar-refractivity contribution in [3.8, 4) is 0 Å². The van der Waals surface area contributed by atoms with Crippen molar-refractivity contribution in [3.05, 3.63) is 35.0 Å². The third kappa shape index (κ3) is 3.97. The Kier molecular flexibility index (Phi) is 5.15. The molecule has 1 aromatic carbocycles. The van der Waals surface area contributed by atoms with E-state index in [9.17, 15) is 0 Å². The fourth-order valence-electron chi connectivity index (χ4n) is 2.69. The van der Waals surface area contributed by atoms with Gasteiger partial charge in [-0.3, -0.25) is 0 Å². The van der Waals surface area contributed by atoms with Gasteiger partial charge in [0, 0.05) is 41.3 Å². The average molecular weight is 323 g/mol. The number of nitrogens with zero attached hydrogens (tertiary/aromatic N) is 1. The highest BCUT2D eigenvalue weighted by Crippen LogP contribution is 2.27. The second kappa shape index (κ2) is 7.08. The first-order valence-corrected chi connectivity index (χ1v) is 9.39. The van der Waals surface area contributed by atoms with E-state index in [0.29, 0.717) is 0 Å². The molecule has 21 heavy (non-hydrogen) atoms. The highest BCUT2D eigenvalue weighted by molar-refractivity contribution is 7.99. The maximum Gasteiger partial charge on any atom is 0.0498 e. The van der Waals surface area contributed by atoms with E-state index in [2.05, 4.69) is 35.1 Å². The van der Waals surface area contributed by atoms with Crippen LogP contribution in [-0.2, 0) is 13.1 Å². The molecule has 2 aromatic rings. The minimum Gasteiger partial charge on any atom is -0.347 e. The molecular formula is C17H23ClN2S. The van der Waals surface area contributed by atoms with Gasteiger partial charge >= 0.3 is 0 Å². The number of aryl methyl sites for hydroxylation is 1. The molecule has 0 aliphatic heterocycles. The lowest BCUT2D eigenvalue weighted by molar-refractivity contribution is 0.676. The summed E-state index contributed by atoms with van der Waals surface area (Å²) in [5.74, 6) is 2.43. The standard InChI is InChI=1S/C17H23ClN2S/c1-2-21-9-3-8-20-12-13(11-19-15-5-6-15)16-7-4-14(18)10-17(16)20/h4,7,10,12,15,19H,2-3,5-6,8-9,11H2,1H3. The molecule has 0 radical (unpaired) electrons. The van der Waals surface area contributed by atoms with Gasteiger partial charge in [0.05, 0.1) is 0 Å². The van der Waals surface area contributed by atoms with Gasteiger partial charge in [-0.1, -0.05) is 24.6 Å². The normalized spacial score (nSPS) is 15.0. The van der Waals surface area contributed by atoms with Crippen LogP contribution in [0, 0.1) is 0 Å². The fraction of sp³-hybridized carbons (Fsp3) is 0.529. The summed E-state index contributed by atoms with van der Waals surface area (Å²) in [6.45, 7) is 4.27. The Hall–Kier alpha value is -0.640. The van der Waals surface area contributed by atoms with Crippen LogP contribution in [0.15, 0.2) is 24.4 Å². The molecule has 3 rings (SSSR count). The van der Waals surface area contributed by atoms with Crippen LogP contribution in [0.2, 0.25) is 5.02 Å². The minimum absolute atomic E-state index is 0.747. The maximum absolute atomic E-state index is 6.19. The summed E-state index contributed by atoms with van der Waals surface area (Å²) in [7, 11) is 0. The highest BCUT2D eigenvalue weighted by Gasteiger charge is 2.20. The number of aromatic nitrogens is 1. The third-order valence-electron chi connectivity index (χ3n) is 3.98. The van der Waals surface area contributed by atoms with Crippen LogP contribution in [0.4, 0.5) is 0 Å². The Morgan fingerprint density at radius 2 is 2.24 bits per heavy atom. The topological polar surface area (TPSA) is 17.0 Å². The predicted octanol–water partition coefficient (Wildman–Crippen LogP) is 4.69. The fourth-order valence-corrected chi connectivity index (χ4v) is 3.48. The quantitative estimate of drug-likeness (QED) is 0.710. The van der Waals surface area contributed by atoms with E-state index < -0.39 is 0 Å². The van der Waals surface area contributed by atoms with Crippen molar-refractivity contribution in [2.24, 2.45) is 0 Å². The second-order valence-corrected chi connectivity index (χ2v) is 7.55. The van der Waals surface area contributed by atoms with Gasteiger partial charge in [0.1, 0.15) is 0 Å². The molecule has 1 aromatic heterocycles. The van der Waals surface area contributed by atoms with Crippen molar-refractivity contribution in [3.63, 3.8) is 0 Å². The summed E-state index contributed by atoms with van der Waals surface area (Å²) >= 11 is 8.20. The number of benzene rings is 1. The molecule has 1 aliphatic carbocycles. The predicted molar refractivity (Wildman–Crippen MR) is 94.4 cm³/mol.